The third kappa shape index (κ3) is 4.00. The number of carbonyl (C=O) groups is 2. The van der Waals surface area contributed by atoms with Crippen molar-refractivity contribution >= 4 is 11.9 Å². The van der Waals surface area contributed by atoms with Gasteiger partial charge >= 0.3 is 5.97 Å². The number of carbonyl (C=O) groups excluding carboxylic acids is 1. The fraction of sp³-hybridized carbons (Fsp3) is 0.857. The average molecular weight is 255 g/mol. The van der Waals surface area contributed by atoms with Crippen LogP contribution in [-0.2, 0) is 9.59 Å². The molecule has 0 heterocycles. The molecule has 0 spiro atoms. The van der Waals surface area contributed by atoms with Crippen LogP contribution in [0.3, 0.4) is 0 Å². The predicted octanol–water partition coefficient (Wildman–Crippen LogP) is 2.43. The molecule has 0 saturated heterocycles. The smallest absolute Gasteiger partial charge is 0.308 e. The van der Waals surface area contributed by atoms with Gasteiger partial charge in [0.05, 0.1) is 5.92 Å². The first kappa shape index (κ1) is 15.0. The van der Waals surface area contributed by atoms with Crippen LogP contribution >= 0.6 is 0 Å². The first-order valence-corrected chi connectivity index (χ1v) is 6.98. The van der Waals surface area contributed by atoms with Gasteiger partial charge in [0.15, 0.2) is 0 Å². The van der Waals surface area contributed by atoms with Crippen molar-refractivity contribution in [3.05, 3.63) is 0 Å². The Morgan fingerprint density at radius 3 is 2.22 bits per heavy atom. The molecule has 1 aliphatic rings. The summed E-state index contributed by atoms with van der Waals surface area (Å²) in [6.45, 7) is 5.58. The molecule has 0 radical (unpaired) electrons. The van der Waals surface area contributed by atoms with Crippen molar-refractivity contribution in [2.24, 2.45) is 17.8 Å². The number of hydrogen-bond acceptors (Lipinski definition) is 2. The van der Waals surface area contributed by atoms with Crippen LogP contribution in [0.4, 0.5) is 0 Å². The molecule has 1 rings (SSSR count). The van der Waals surface area contributed by atoms with Gasteiger partial charge in [0, 0.05) is 12.0 Å². The number of carboxylic acids is 1. The van der Waals surface area contributed by atoms with E-state index in [1.165, 1.54) is 6.42 Å². The molecule has 104 valence electrons. The van der Waals surface area contributed by atoms with Crippen molar-refractivity contribution in [2.45, 2.75) is 58.9 Å². The zero-order valence-corrected chi connectivity index (χ0v) is 11.6. The lowest BCUT2D eigenvalue weighted by molar-refractivity contribution is -0.142. The van der Waals surface area contributed by atoms with Crippen LogP contribution < -0.4 is 5.32 Å². The summed E-state index contributed by atoms with van der Waals surface area (Å²) in [5.41, 5.74) is 0. The van der Waals surface area contributed by atoms with E-state index in [9.17, 15) is 9.59 Å². The molecule has 2 N–H and O–H groups in total. The zero-order valence-electron chi connectivity index (χ0n) is 11.6. The van der Waals surface area contributed by atoms with Gasteiger partial charge in [0.25, 0.3) is 0 Å². The van der Waals surface area contributed by atoms with E-state index in [0.29, 0.717) is 0 Å². The van der Waals surface area contributed by atoms with Gasteiger partial charge in [-0.05, 0) is 45.4 Å². The second kappa shape index (κ2) is 6.76. The van der Waals surface area contributed by atoms with Gasteiger partial charge in [0.2, 0.25) is 5.91 Å². The summed E-state index contributed by atoms with van der Waals surface area (Å²) in [7, 11) is 0. The molecule has 1 saturated carbocycles. The number of nitrogens with one attached hydrogen (secondary N) is 1. The molecule has 0 aromatic rings. The van der Waals surface area contributed by atoms with E-state index >= 15 is 0 Å². The Bertz CT molecular complexity index is 295. The SMILES string of the molecule is CCC1CCC(C(=O)NC(C)C(C)C(=O)O)CC1. The zero-order chi connectivity index (χ0) is 13.7. The maximum absolute atomic E-state index is 12.0. The third-order valence-corrected chi connectivity index (χ3v) is 4.30. The second-order valence-electron chi connectivity index (χ2n) is 5.55. The van der Waals surface area contributed by atoms with Crippen molar-refractivity contribution in [3.8, 4) is 0 Å². The van der Waals surface area contributed by atoms with Gasteiger partial charge in [0.1, 0.15) is 0 Å². The molecule has 0 bridgehead atoms. The summed E-state index contributed by atoms with van der Waals surface area (Å²) in [6, 6.07) is -0.307. The maximum atomic E-state index is 12.0. The van der Waals surface area contributed by atoms with Gasteiger partial charge in [-0.2, -0.15) is 0 Å². The summed E-state index contributed by atoms with van der Waals surface area (Å²) >= 11 is 0. The van der Waals surface area contributed by atoms with E-state index in [1.54, 1.807) is 13.8 Å². The van der Waals surface area contributed by atoms with Crippen molar-refractivity contribution in [3.63, 3.8) is 0 Å². The summed E-state index contributed by atoms with van der Waals surface area (Å²) < 4.78 is 0. The van der Waals surface area contributed by atoms with E-state index in [2.05, 4.69) is 12.2 Å². The number of amides is 1. The number of rotatable bonds is 5. The Kier molecular flexibility index (Phi) is 5.63. The Labute approximate surface area is 109 Å². The van der Waals surface area contributed by atoms with Gasteiger partial charge in [-0.3, -0.25) is 9.59 Å². The van der Waals surface area contributed by atoms with E-state index in [4.69, 9.17) is 5.11 Å². The van der Waals surface area contributed by atoms with Gasteiger partial charge in [-0.15, -0.1) is 0 Å². The minimum atomic E-state index is -0.863. The highest BCUT2D eigenvalue weighted by Gasteiger charge is 2.28. The first-order chi connectivity index (χ1) is 8.45. The fourth-order valence-electron chi connectivity index (χ4n) is 2.51. The van der Waals surface area contributed by atoms with Crippen LogP contribution in [0.5, 0.6) is 0 Å². The van der Waals surface area contributed by atoms with Crippen LogP contribution in [0.2, 0.25) is 0 Å². The number of hydrogen-bond donors (Lipinski definition) is 2. The summed E-state index contributed by atoms with van der Waals surface area (Å²) in [6.07, 6.45) is 5.33. The fourth-order valence-corrected chi connectivity index (χ4v) is 2.51. The first-order valence-electron chi connectivity index (χ1n) is 6.98. The molecule has 1 amide bonds. The largest absolute Gasteiger partial charge is 0.481 e. The third-order valence-electron chi connectivity index (χ3n) is 4.30. The van der Waals surface area contributed by atoms with Crippen molar-refractivity contribution < 1.29 is 14.7 Å². The Morgan fingerprint density at radius 1 is 1.22 bits per heavy atom. The van der Waals surface area contributed by atoms with Crippen molar-refractivity contribution in [1.29, 1.82) is 0 Å². The van der Waals surface area contributed by atoms with E-state index in [-0.39, 0.29) is 17.9 Å². The van der Waals surface area contributed by atoms with Crippen LogP contribution in [0.1, 0.15) is 52.9 Å². The molecule has 1 fully saturated rings. The predicted molar refractivity (Wildman–Crippen MR) is 70.1 cm³/mol. The van der Waals surface area contributed by atoms with E-state index in [1.807, 2.05) is 0 Å². The van der Waals surface area contributed by atoms with Crippen molar-refractivity contribution in [2.75, 3.05) is 0 Å². The topological polar surface area (TPSA) is 66.4 Å². The second-order valence-corrected chi connectivity index (χ2v) is 5.55. The van der Waals surface area contributed by atoms with Gasteiger partial charge in [-0.25, -0.2) is 0 Å². The normalized spacial score (nSPS) is 27.3. The molecule has 0 aromatic carbocycles. The monoisotopic (exact) mass is 255 g/mol. The highest BCUT2D eigenvalue weighted by Crippen LogP contribution is 2.30. The molecule has 2 unspecified atom stereocenters. The van der Waals surface area contributed by atoms with Crippen LogP contribution in [0.25, 0.3) is 0 Å². The van der Waals surface area contributed by atoms with E-state index in [0.717, 1.165) is 31.6 Å². The van der Waals surface area contributed by atoms with Gasteiger partial charge in [-0.1, -0.05) is 13.3 Å². The Balaban J connectivity index is 2.39. The molecule has 1 aliphatic carbocycles. The Morgan fingerprint density at radius 2 is 1.78 bits per heavy atom. The molecule has 2 atom stereocenters. The molecule has 0 aliphatic heterocycles. The summed E-state index contributed by atoms with van der Waals surface area (Å²) in [4.78, 5) is 22.9. The molecular formula is C14H25NO3. The molecule has 4 nitrogen and oxygen atoms in total. The standard InChI is InChI=1S/C14H25NO3/c1-4-11-5-7-12(8-6-11)13(16)15-10(3)9(2)14(17)18/h9-12H,4-8H2,1-3H3,(H,15,16)(H,17,18). The highest BCUT2D eigenvalue weighted by molar-refractivity contribution is 5.80. The quantitative estimate of drug-likeness (QED) is 0.793. The summed E-state index contributed by atoms with van der Waals surface area (Å²) in [5.74, 6) is -0.524. The highest BCUT2D eigenvalue weighted by atomic mass is 16.4. The average Bonchev–Trinajstić information content (AvgIpc) is 2.37. The summed E-state index contributed by atoms with van der Waals surface area (Å²) in [5, 5.41) is 11.7. The molecule has 0 aromatic heterocycles. The lowest BCUT2D eigenvalue weighted by Crippen LogP contribution is -2.43. The maximum Gasteiger partial charge on any atom is 0.308 e. The number of aliphatic carboxylic acids is 1. The van der Waals surface area contributed by atoms with E-state index < -0.39 is 11.9 Å². The lowest BCUT2D eigenvalue weighted by atomic mass is 9.80. The van der Waals surface area contributed by atoms with Crippen LogP contribution in [0, 0.1) is 17.8 Å². The van der Waals surface area contributed by atoms with Crippen molar-refractivity contribution in [1.82, 2.24) is 5.32 Å². The molecule has 4 heteroatoms. The van der Waals surface area contributed by atoms with Gasteiger partial charge < -0.3 is 10.4 Å². The Hall–Kier alpha value is -1.06. The number of carboxylic acid groups (broad SMARTS) is 1. The minimum Gasteiger partial charge on any atom is -0.481 e. The lowest BCUT2D eigenvalue weighted by Gasteiger charge is -2.28. The minimum absolute atomic E-state index is 0.0325. The van der Waals surface area contributed by atoms with Crippen LogP contribution in [0.15, 0.2) is 0 Å². The molecule has 18 heavy (non-hydrogen) atoms. The van der Waals surface area contributed by atoms with Crippen LogP contribution in [-0.4, -0.2) is 23.0 Å². The molecular weight excluding hydrogens is 230 g/mol.